The highest BCUT2D eigenvalue weighted by Crippen LogP contribution is 2.12. The van der Waals surface area contributed by atoms with Gasteiger partial charge in [0.1, 0.15) is 5.75 Å². The summed E-state index contributed by atoms with van der Waals surface area (Å²) in [6, 6.07) is 7.44. The van der Waals surface area contributed by atoms with Crippen LogP contribution in [0.15, 0.2) is 24.3 Å². The molecule has 5 nitrogen and oxygen atoms in total. The van der Waals surface area contributed by atoms with Gasteiger partial charge in [-0.2, -0.15) is 0 Å². The molecule has 0 aromatic heterocycles. The zero-order chi connectivity index (χ0) is 14.1. The number of nitrogens with two attached hydrogens (primary N) is 1. The van der Waals surface area contributed by atoms with Gasteiger partial charge in [0.15, 0.2) is 0 Å². The molecule has 0 aliphatic heterocycles. The van der Waals surface area contributed by atoms with Crippen LogP contribution in [0.3, 0.4) is 0 Å². The van der Waals surface area contributed by atoms with E-state index in [4.69, 9.17) is 15.2 Å². The largest absolute Gasteiger partial charge is 0.497 e. The topological polar surface area (TPSA) is 73.6 Å². The van der Waals surface area contributed by atoms with Crippen molar-refractivity contribution in [3.8, 4) is 5.75 Å². The molecule has 0 saturated carbocycles. The van der Waals surface area contributed by atoms with Gasteiger partial charge in [-0.05, 0) is 24.1 Å². The number of hydrogen-bond donors (Lipinski definition) is 2. The van der Waals surface area contributed by atoms with Crippen LogP contribution in [-0.2, 0) is 16.0 Å². The van der Waals surface area contributed by atoms with Crippen LogP contribution < -0.4 is 15.8 Å². The van der Waals surface area contributed by atoms with Gasteiger partial charge in [-0.1, -0.05) is 12.1 Å². The highest BCUT2D eigenvalue weighted by molar-refractivity contribution is 5.78. The molecule has 5 heteroatoms. The lowest BCUT2D eigenvalue weighted by Crippen LogP contribution is -2.33. The summed E-state index contributed by atoms with van der Waals surface area (Å²) in [4.78, 5) is 11.7. The van der Waals surface area contributed by atoms with E-state index in [-0.39, 0.29) is 11.9 Å². The van der Waals surface area contributed by atoms with Crippen molar-refractivity contribution in [3.05, 3.63) is 29.8 Å². The van der Waals surface area contributed by atoms with E-state index in [0.29, 0.717) is 26.0 Å². The van der Waals surface area contributed by atoms with Gasteiger partial charge in [0.25, 0.3) is 0 Å². The van der Waals surface area contributed by atoms with Gasteiger partial charge in [0.2, 0.25) is 5.91 Å². The summed E-state index contributed by atoms with van der Waals surface area (Å²) in [5, 5.41) is 2.84. The molecule has 1 atom stereocenters. The maximum Gasteiger partial charge on any atom is 0.224 e. The fourth-order valence-corrected chi connectivity index (χ4v) is 1.72. The first-order valence-corrected chi connectivity index (χ1v) is 6.30. The molecule has 1 amide bonds. The Balaban J connectivity index is 2.30. The van der Waals surface area contributed by atoms with Crippen molar-refractivity contribution in [2.24, 2.45) is 5.73 Å². The highest BCUT2D eigenvalue weighted by Gasteiger charge is 2.06. The smallest absolute Gasteiger partial charge is 0.224 e. The second-order valence-electron chi connectivity index (χ2n) is 4.38. The van der Waals surface area contributed by atoms with Gasteiger partial charge in [-0.15, -0.1) is 0 Å². The van der Waals surface area contributed by atoms with E-state index < -0.39 is 0 Å². The van der Waals surface area contributed by atoms with E-state index in [1.54, 1.807) is 14.2 Å². The lowest BCUT2D eigenvalue weighted by molar-refractivity contribution is -0.120. The summed E-state index contributed by atoms with van der Waals surface area (Å²) < 4.78 is 10.0. The molecule has 0 saturated heterocycles. The van der Waals surface area contributed by atoms with Crippen molar-refractivity contribution in [2.75, 3.05) is 27.4 Å². The first-order valence-electron chi connectivity index (χ1n) is 6.30. The third-order valence-corrected chi connectivity index (χ3v) is 2.72. The lowest BCUT2D eigenvalue weighted by atomic mass is 10.1. The average Bonchev–Trinajstić information content (AvgIpc) is 2.39. The number of rotatable bonds is 8. The first-order chi connectivity index (χ1) is 9.15. The van der Waals surface area contributed by atoms with E-state index in [9.17, 15) is 4.79 Å². The van der Waals surface area contributed by atoms with Crippen molar-refractivity contribution in [1.82, 2.24) is 5.32 Å². The van der Waals surface area contributed by atoms with E-state index in [0.717, 1.165) is 11.3 Å². The predicted molar refractivity (Wildman–Crippen MR) is 74.2 cm³/mol. The molecule has 1 aromatic carbocycles. The fraction of sp³-hybridized carbons (Fsp3) is 0.500. The molecule has 0 radical (unpaired) electrons. The molecular formula is C14H22N2O3. The van der Waals surface area contributed by atoms with Crippen LogP contribution in [0.1, 0.15) is 12.0 Å². The fourth-order valence-electron chi connectivity index (χ4n) is 1.72. The maximum absolute atomic E-state index is 11.7. The van der Waals surface area contributed by atoms with Crippen LogP contribution in [0.4, 0.5) is 0 Å². The monoisotopic (exact) mass is 266 g/mol. The molecule has 0 aliphatic carbocycles. The molecular weight excluding hydrogens is 244 g/mol. The van der Waals surface area contributed by atoms with Gasteiger partial charge in [-0.3, -0.25) is 4.79 Å². The molecule has 1 unspecified atom stereocenters. The zero-order valence-corrected chi connectivity index (χ0v) is 11.5. The van der Waals surface area contributed by atoms with Crippen LogP contribution in [0.5, 0.6) is 5.75 Å². The molecule has 1 aromatic rings. The van der Waals surface area contributed by atoms with Gasteiger partial charge in [0.05, 0.1) is 20.1 Å². The van der Waals surface area contributed by atoms with Gasteiger partial charge >= 0.3 is 0 Å². The normalized spacial score (nSPS) is 11.9. The second kappa shape index (κ2) is 8.50. The number of benzene rings is 1. The lowest BCUT2D eigenvalue weighted by Gasteiger charge is -2.11. The summed E-state index contributed by atoms with van der Waals surface area (Å²) >= 11 is 0. The summed E-state index contributed by atoms with van der Waals surface area (Å²) in [6.07, 6.45) is 1.05. The molecule has 0 bridgehead atoms. The van der Waals surface area contributed by atoms with Gasteiger partial charge in [0, 0.05) is 19.7 Å². The molecule has 1 rings (SSSR count). The first kappa shape index (κ1) is 15.5. The van der Waals surface area contributed by atoms with Crippen LogP contribution in [0.25, 0.3) is 0 Å². The van der Waals surface area contributed by atoms with E-state index in [1.165, 1.54) is 0 Å². The number of carbonyl (C=O) groups excluding carboxylic acids is 1. The Bertz CT molecular complexity index is 396. The number of nitrogens with one attached hydrogen (secondary N) is 1. The molecule has 0 fully saturated rings. The Kier molecular flexibility index (Phi) is 6.92. The number of methoxy groups -OCH3 is 2. The van der Waals surface area contributed by atoms with Crippen molar-refractivity contribution in [2.45, 2.75) is 18.9 Å². The third-order valence-electron chi connectivity index (χ3n) is 2.72. The predicted octanol–water partition coefficient (Wildman–Crippen LogP) is 0.718. The van der Waals surface area contributed by atoms with Crippen LogP contribution in [0.2, 0.25) is 0 Å². The molecule has 3 N–H and O–H groups in total. The standard InChI is InChI=1S/C14H22N2O3/c1-18-10-12(15)6-7-16-14(17)9-11-4-3-5-13(8-11)19-2/h3-5,8,12H,6-7,9-10,15H2,1-2H3,(H,16,17). The third kappa shape index (κ3) is 6.22. The van der Waals surface area contributed by atoms with E-state index in [1.807, 2.05) is 24.3 Å². The van der Waals surface area contributed by atoms with Crippen LogP contribution in [-0.4, -0.2) is 39.3 Å². The Morgan fingerprint density at radius 2 is 2.21 bits per heavy atom. The van der Waals surface area contributed by atoms with Crippen LogP contribution >= 0.6 is 0 Å². The average molecular weight is 266 g/mol. The molecule has 0 heterocycles. The van der Waals surface area contributed by atoms with Crippen molar-refractivity contribution < 1.29 is 14.3 Å². The van der Waals surface area contributed by atoms with E-state index in [2.05, 4.69) is 5.32 Å². The summed E-state index contributed by atoms with van der Waals surface area (Å²) in [6.45, 7) is 1.07. The van der Waals surface area contributed by atoms with Crippen molar-refractivity contribution in [1.29, 1.82) is 0 Å². The SMILES string of the molecule is COCC(N)CCNC(=O)Cc1cccc(OC)c1. The minimum atomic E-state index is -0.0397. The Morgan fingerprint density at radius 3 is 2.89 bits per heavy atom. The van der Waals surface area contributed by atoms with Gasteiger partial charge in [-0.25, -0.2) is 0 Å². The Hall–Kier alpha value is -1.59. The minimum absolute atomic E-state index is 0.0159. The summed E-state index contributed by atoms with van der Waals surface area (Å²) in [5.41, 5.74) is 6.70. The molecule has 106 valence electrons. The number of hydrogen-bond acceptors (Lipinski definition) is 4. The highest BCUT2D eigenvalue weighted by atomic mass is 16.5. The van der Waals surface area contributed by atoms with Crippen molar-refractivity contribution in [3.63, 3.8) is 0 Å². The second-order valence-corrected chi connectivity index (χ2v) is 4.38. The van der Waals surface area contributed by atoms with Crippen molar-refractivity contribution >= 4 is 5.91 Å². The molecule has 19 heavy (non-hydrogen) atoms. The Labute approximate surface area is 114 Å². The Morgan fingerprint density at radius 1 is 1.42 bits per heavy atom. The maximum atomic E-state index is 11.7. The van der Waals surface area contributed by atoms with E-state index >= 15 is 0 Å². The molecule has 0 spiro atoms. The number of ether oxygens (including phenoxy) is 2. The number of amides is 1. The quantitative estimate of drug-likeness (QED) is 0.727. The summed E-state index contributed by atoms with van der Waals surface area (Å²) in [7, 11) is 3.22. The zero-order valence-electron chi connectivity index (χ0n) is 11.5. The number of carbonyl (C=O) groups is 1. The van der Waals surface area contributed by atoms with Gasteiger partial charge < -0.3 is 20.5 Å². The summed E-state index contributed by atoms with van der Waals surface area (Å²) in [5.74, 6) is 0.741. The minimum Gasteiger partial charge on any atom is -0.497 e. The molecule has 0 aliphatic rings. The van der Waals surface area contributed by atoms with Crippen LogP contribution in [0, 0.1) is 0 Å².